The number of allylic oxidation sites excluding steroid dienone is 7. The molecule has 0 fully saturated rings. The molecule has 0 rings (SSSR count). The van der Waals surface area contributed by atoms with Gasteiger partial charge in [0.2, 0.25) is 5.91 Å². The van der Waals surface area contributed by atoms with Gasteiger partial charge < -0.3 is 15.5 Å². The second-order valence-electron chi connectivity index (χ2n) is 9.43. The summed E-state index contributed by atoms with van der Waals surface area (Å²) in [5.74, 6) is -0.0893. The minimum absolute atomic E-state index is 0.0893. The second kappa shape index (κ2) is 26.9. The molecule has 3 N–H and O–H groups in total. The van der Waals surface area contributed by atoms with Gasteiger partial charge in [-0.1, -0.05) is 114 Å². The smallest absolute Gasteiger partial charge is 0.220 e. The van der Waals surface area contributed by atoms with E-state index >= 15 is 0 Å². The van der Waals surface area contributed by atoms with Gasteiger partial charge in [-0.3, -0.25) is 4.79 Å². The normalized spacial score (nSPS) is 14.1. The summed E-state index contributed by atoms with van der Waals surface area (Å²) in [6.07, 6.45) is 34.7. The first-order valence-corrected chi connectivity index (χ1v) is 14.4. The lowest BCUT2D eigenvalue weighted by Gasteiger charge is -2.20. The van der Waals surface area contributed by atoms with E-state index in [1.54, 1.807) is 6.08 Å². The summed E-state index contributed by atoms with van der Waals surface area (Å²) in [6, 6.07) is -0.627. The predicted octanol–water partition coefficient (Wildman–Crippen LogP) is 7.72. The van der Waals surface area contributed by atoms with Crippen LogP contribution in [0.3, 0.4) is 0 Å². The van der Waals surface area contributed by atoms with Crippen molar-refractivity contribution in [3.63, 3.8) is 0 Å². The van der Waals surface area contributed by atoms with Crippen molar-refractivity contribution in [3.05, 3.63) is 48.6 Å². The highest BCUT2D eigenvalue weighted by Gasteiger charge is 2.17. The molecule has 0 bridgehead atoms. The molecule has 0 spiro atoms. The predicted molar refractivity (Wildman–Crippen MR) is 151 cm³/mol. The summed E-state index contributed by atoms with van der Waals surface area (Å²) in [4.78, 5) is 12.2. The molecule has 0 aromatic rings. The van der Waals surface area contributed by atoms with Crippen LogP contribution in [0.2, 0.25) is 0 Å². The Morgan fingerprint density at radius 3 is 1.89 bits per heavy atom. The largest absolute Gasteiger partial charge is 0.394 e. The maximum atomic E-state index is 12.2. The quantitative estimate of drug-likeness (QED) is 0.0960. The van der Waals surface area contributed by atoms with Crippen LogP contribution in [0.25, 0.3) is 0 Å². The van der Waals surface area contributed by atoms with E-state index in [0.717, 1.165) is 57.8 Å². The summed E-state index contributed by atoms with van der Waals surface area (Å²) in [6.45, 7) is 4.11. The average molecular weight is 490 g/mol. The fourth-order valence-corrected chi connectivity index (χ4v) is 3.83. The highest BCUT2D eigenvalue weighted by molar-refractivity contribution is 5.76. The van der Waals surface area contributed by atoms with Crippen LogP contribution in [0.1, 0.15) is 123 Å². The number of rotatable bonds is 24. The molecule has 0 saturated heterocycles. The highest BCUT2D eigenvalue weighted by atomic mass is 16.3. The monoisotopic (exact) mass is 489 g/mol. The van der Waals surface area contributed by atoms with Crippen LogP contribution >= 0.6 is 0 Å². The maximum absolute atomic E-state index is 12.2. The van der Waals surface area contributed by atoms with Crippen LogP contribution in [-0.4, -0.2) is 34.9 Å². The number of amides is 1. The van der Waals surface area contributed by atoms with Crippen molar-refractivity contribution in [1.29, 1.82) is 0 Å². The Hall–Kier alpha value is -1.65. The van der Waals surface area contributed by atoms with Crippen molar-refractivity contribution in [2.45, 2.75) is 135 Å². The minimum Gasteiger partial charge on any atom is -0.394 e. The molecule has 0 aliphatic rings. The molecule has 2 atom stereocenters. The standard InChI is InChI=1S/C31H55NO3/c1-3-5-7-9-11-13-14-15-16-17-18-19-21-23-25-27-31(35)32-29(28-33)30(34)26-24-22-20-12-10-8-6-4-2/h5,7,11,13,15-16,24,26,29-30,33-34H,3-4,6,8-10,12,14,17-23,25,27-28H2,1-2H3,(H,32,35)/b7-5-,13-11-,16-15-,26-24+. The summed E-state index contributed by atoms with van der Waals surface area (Å²) >= 11 is 0. The molecule has 1 amide bonds. The van der Waals surface area contributed by atoms with E-state index in [0.29, 0.717) is 6.42 Å². The fraction of sp³-hybridized carbons (Fsp3) is 0.710. The Kier molecular flexibility index (Phi) is 25.7. The second-order valence-corrected chi connectivity index (χ2v) is 9.43. The Morgan fingerprint density at radius 2 is 1.26 bits per heavy atom. The van der Waals surface area contributed by atoms with Crippen molar-refractivity contribution in [3.8, 4) is 0 Å². The third-order valence-corrected chi connectivity index (χ3v) is 6.07. The molecule has 4 nitrogen and oxygen atoms in total. The Morgan fingerprint density at radius 1 is 0.714 bits per heavy atom. The molecule has 0 heterocycles. The van der Waals surface area contributed by atoms with Gasteiger partial charge in [-0.05, 0) is 51.4 Å². The molecule has 202 valence electrons. The molecule has 35 heavy (non-hydrogen) atoms. The van der Waals surface area contributed by atoms with Gasteiger partial charge in [-0.2, -0.15) is 0 Å². The van der Waals surface area contributed by atoms with Gasteiger partial charge >= 0.3 is 0 Å². The van der Waals surface area contributed by atoms with Gasteiger partial charge in [0.15, 0.2) is 0 Å². The van der Waals surface area contributed by atoms with Crippen LogP contribution < -0.4 is 5.32 Å². The summed E-state index contributed by atoms with van der Waals surface area (Å²) < 4.78 is 0. The Labute approximate surface area is 216 Å². The SMILES string of the molecule is CC/C=C\C/C=C\C/C=C\CCCCCCCC(=O)NC(CO)C(O)/C=C/CCCCCCCC. The van der Waals surface area contributed by atoms with E-state index in [-0.39, 0.29) is 12.5 Å². The molecular weight excluding hydrogens is 434 g/mol. The van der Waals surface area contributed by atoms with Gasteiger partial charge in [0.05, 0.1) is 18.8 Å². The molecule has 0 radical (unpaired) electrons. The Bertz CT molecular complexity index is 580. The van der Waals surface area contributed by atoms with Crippen LogP contribution in [-0.2, 0) is 4.79 Å². The fourth-order valence-electron chi connectivity index (χ4n) is 3.83. The van der Waals surface area contributed by atoms with Gasteiger partial charge in [0.25, 0.3) is 0 Å². The zero-order valence-electron chi connectivity index (χ0n) is 22.8. The number of hydrogen-bond acceptors (Lipinski definition) is 3. The van der Waals surface area contributed by atoms with Gasteiger partial charge in [-0.25, -0.2) is 0 Å². The Balaban J connectivity index is 3.74. The first kappa shape index (κ1) is 33.4. The lowest BCUT2D eigenvalue weighted by Crippen LogP contribution is -2.45. The van der Waals surface area contributed by atoms with Crippen molar-refractivity contribution in [2.24, 2.45) is 0 Å². The average Bonchev–Trinajstić information content (AvgIpc) is 2.86. The summed E-state index contributed by atoms with van der Waals surface area (Å²) in [5, 5.41) is 22.6. The minimum atomic E-state index is -0.842. The summed E-state index contributed by atoms with van der Waals surface area (Å²) in [5.41, 5.74) is 0. The third kappa shape index (κ3) is 23.8. The molecule has 4 heteroatoms. The summed E-state index contributed by atoms with van der Waals surface area (Å²) in [7, 11) is 0. The zero-order chi connectivity index (χ0) is 25.8. The molecular formula is C31H55NO3. The van der Waals surface area contributed by atoms with Gasteiger partial charge in [0, 0.05) is 6.42 Å². The first-order valence-electron chi connectivity index (χ1n) is 14.4. The molecule has 0 aromatic carbocycles. The zero-order valence-corrected chi connectivity index (χ0v) is 22.8. The van der Waals surface area contributed by atoms with E-state index in [9.17, 15) is 15.0 Å². The van der Waals surface area contributed by atoms with Crippen LogP contribution in [0.5, 0.6) is 0 Å². The van der Waals surface area contributed by atoms with Crippen molar-refractivity contribution in [1.82, 2.24) is 5.32 Å². The first-order chi connectivity index (χ1) is 17.2. The van der Waals surface area contributed by atoms with E-state index in [2.05, 4.69) is 55.6 Å². The lowest BCUT2D eigenvalue weighted by molar-refractivity contribution is -0.123. The molecule has 0 aliphatic heterocycles. The van der Waals surface area contributed by atoms with Crippen LogP contribution in [0.15, 0.2) is 48.6 Å². The third-order valence-electron chi connectivity index (χ3n) is 6.07. The van der Waals surface area contributed by atoms with Crippen LogP contribution in [0.4, 0.5) is 0 Å². The highest BCUT2D eigenvalue weighted by Crippen LogP contribution is 2.10. The van der Waals surface area contributed by atoms with E-state index in [1.807, 2.05) is 6.08 Å². The number of hydrogen-bond donors (Lipinski definition) is 3. The van der Waals surface area contributed by atoms with E-state index < -0.39 is 12.1 Å². The maximum Gasteiger partial charge on any atom is 0.220 e. The number of carbonyl (C=O) groups excluding carboxylic acids is 1. The lowest BCUT2D eigenvalue weighted by atomic mass is 10.1. The topological polar surface area (TPSA) is 69.6 Å². The molecule has 2 unspecified atom stereocenters. The number of nitrogens with one attached hydrogen (secondary N) is 1. The van der Waals surface area contributed by atoms with Crippen molar-refractivity contribution in [2.75, 3.05) is 6.61 Å². The number of carbonyl (C=O) groups is 1. The molecule has 0 aromatic heterocycles. The number of aliphatic hydroxyl groups is 2. The van der Waals surface area contributed by atoms with Crippen LogP contribution in [0, 0.1) is 0 Å². The van der Waals surface area contributed by atoms with Crippen molar-refractivity contribution < 1.29 is 15.0 Å². The van der Waals surface area contributed by atoms with Gasteiger partial charge in [0.1, 0.15) is 0 Å². The number of aliphatic hydroxyl groups excluding tert-OH is 2. The van der Waals surface area contributed by atoms with Gasteiger partial charge in [-0.15, -0.1) is 0 Å². The van der Waals surface area contributed by atoms with E-state index in [1.165, 1.54) is 44.9 Å². The van der Waals surface area contributed by atoms with E-state index in [4.69, 9.17) is 0 Å². The molecule has 0 aliphatic carbocycles. The number of unbranched alkanes of at least 4 members (excludes halogenated alkanes) is 11. The van der Waals surface area contributed by atoms with Crippen molar-refractivity contribution >= 4 is 5.91 Å². The molecule has 0 saturated carbocycles.